The summed E-state index contributed by atoms with van der Waals surface area (Å²) in [7, 11) is -1.47. The minimum absolute atomic E-state index is 0.109. The molecule has 2 aliphatic rings. The van der Waals surface area contributed by atoms with Gasteiger partial charge in [-0.1, -0.05) is 19.3 Å². The van der Waals surface area contributed by atoms with Gasteiger partial charge in [0.05, 0.1) is 0 Å². The number of piperidine rings is 1. The molecule has 0 amide bonds. The fourth-order valence-corrected chi connectivity index (χ4v) is 4.81. The van der Waals surface area contributed by atoms with Crippen LogP contribution < -0.4 is 10.6 Å². The van der Waals surface area contributed by atoms with Crippen LogP contribution in [0.5, 0.6) is 0 Å². The molecule has 0 unspecified atom stereocenters. The zero-order chi connectivity index (χ0) is 20.8. The summed E-state index contributed by atoms with van der Waals surface area (Å²) in [5.41, 5.74) is -5.24. The molecule has 164 valence electrons. The van der Waals surface area contributed by atoms with Gasteiger partial charge in [0, 0.05) is 45.3 Å². The van der Waals surface area contributed by atoms with Crippen LogP contribution in [0.4, 0.5) is 13.2 Å². The summed E-state index contributed by atoms with van der Waals surface area (Å²) in [5.74, 6) is 0.592. The van der Waals surface area contributed by atoms with Gasteiger partial charge < -0.3 is 15.5 Å². The van der Waals surface area contributed by atoms with Crippen molar-refractivity contribution < 1.29 is 21.6 Å². The largest absolute Gasteiger partial charge is 0.511 e. The van der Waals surface area contributed by atoms with E-state index in [2.05, 4.69) is 27.6 Å². The standard InChI is InChI=1S/C17H32F3N5O2S/c1-21-16(22-10-13-24(2)15-6-4-3-5-7-15)23-14-8-11-25(12-9-14)28(26,27)17(18,19)20/h14-15H,3-13H2,1-2H3,(H2,21,22,23). The minimum atomic E-state index is -5.24. The van der Waals surface area contributed by atoms with Gasteiger partial charge in [0.15, 0.2) is 5.96 Å². The number of sulfonamides is 1. The van der Waals surface area contributed by atoms with Crippen LogP contribution >= 0.6 is 0 Å². The van der Waals surface area contributed by atoms with E-state index in [1.807, 2.05) is 0 Å². The van der Waals surface area contributed by atoms with Crippen molar-refractivity contribution in [3.05, 3.63) is 0 Å². The highest BCUT2D eigenvalue weighted by molar-refractivity contribution is 7.90. The van der Waals surface area contributed by atoms with Gasteiger partial charge in [0.2, 0.25) is 0 Å². The summed E-state index contributed by atoms with van der Waals surface area (Å²) in [6, 6.07) is 0.521. The van der Waals surface area contributed by atoms with Crippen molar-refractivity contribution >= 4 is 16.0 Å². The van der Waals surface area contributed by atoms with Gasteiger partial charge in [0.1, 0.15) is 0 Å². The molecule has 0 aromatic carbocycles. The molecule has 1 heterocycles. The molecule has 0 bridgehead atoms. The number of likely N-dealkylation sites (N-methyl/N-ethyl adjacent to an activating group) is 1. The number of halogens is 3. The molecule has 2 fully saturated rings. The highest BCUT2D eigenvalue weighted by atomic mass is 32.2. The number of hydrogen-bond donors (Lipinski definition) is 2. The van der Waals surface area contributed by atoms with Crippen LogP contribution in [0.2, 0.25) is 0 Å². The molecule has 0 aromatic rings. The summed E-state index contributed by atoms with van der Waals surface area (Å²) in [5, 5.41) is 6.43. The Balaban J connectivity index is 1.72. The second-order valence-corrected chi connectivity index (χ2v) is 9.47. The fraction of sp³-hybridized carbons (Fsp3) is 0.941. The molecule has 0 atom stereocenters. The third-order valence-corrected chi connectivity index (χ3v) is 7.24. The van der Waals surface area contributed by atoms with E-state index in [0.29, 0.717) is 35.7 Å². The van der Waals surface area contributed by atoms with Crippen molar-refractivity contribution in [1.82, 2.24) is 19.8 Å². The van der Waals surface area contributed by atoms with Gasteiger partial charge >= 0.3 is 15.5 Å². The maximum Gasteiger partial charge on any atom is 0.511 e. The molecule has 1 saturated carbocycles. The van der Waals surface area contributed by atoms with Gasteiger partial charge in [0.25, 0.3) is 0 Å². The molecule has 7 nitrogen and oxygen atoms in total. The Morgan fingerprint density at radius 2 is 1.75 bits per heavy atom. The fourth-order valence-electron chi connectivity index (χ4n) is 3.83. The molecule has 2 rings (SSSR count). The zero-order valence-corrected chi connectivity index (χ0v) is 17.4. The lowest BCUT2D eigenvalue weighted by atomic mass is 9.94. The summed E-state index contributed by atoms with van der Waals surface area (Å²) < 4.78 is 61.4. The Labute approximate surface area is 165 Å². The highest BCUT2D eigenvalue weighted by Crippen LogP contribution is 2.29. The van der Waals surface area contributed by atoms with Gasteiger partial charge in [-0.3, -0.25) is 4.99 Å². The van der Waals surface area contributed by atoms with Crippen molar-refractivity contribution in [2.24, 2.45) is 4.99 Å². The van der Waals surface area contributed by atoms with Crippen LogP contribution in [0.1, 0.15) is 44.9 Å². The van der Waals surface area contributed by atoms with Crippen molar-refractivity contribution in [3.8, 4) is 0 Å². The Bertz CT molecular complexity index is 613. The summed E-state index contributed by atoms with van der Waals surface area (Å²) in [4.78, 5) is 6.52. The highest BCUT2D eigenvalue weighted by Gasteiger charge is 2.50. The van der Waals surface area contributed by atoms with Gasteiger partial charge in [-0.2, -0.15) is 17.5 Å². The molecule has 0 radical (unpaired) electrons. The van der Waals surface area contributed by atoms with Gasteiger partial charge in [-0.15, -0.1) is 0 Å². The first-order chi connectivity index (χ1) is 13.1. The number of guanidine groups is 1. The van der Waals surface area contributed by atoms with E-state index < -0.39 is 15.5 Å². The topological polar surface area (TPSA) is 77.0 Å². The molecular formula is C17H32F3N5O2S. The number of nitrogens with one attached hydrogen (secondary N) is 2. The first-order valence-corrected chi connectivity index (χ1v) is 11.3. The molecule has 1 aliphatic carbocycles. The van der Waals surface area contributed by atoms with Crippen LogP contribution in [-0.2, 0) is 10.0 Å². The first-order valence-electron chi connectivity index (χ1n) is 9.89. The number of hydrogen-bond acceptors (Lipinski definition) is 4. The Hall–Kier alpha value is -1.07. The number of aliphatic imine (C=N–C) groups is 1. The summed E-state index contributed by atoms with van der Waals surface area (Å²) in [6.07, 6.45) is 6.98. The molecule has 1 saturated heterocycles. The van der Waals surface area contributed by atoms with Crippen LogP contribution in [0, 0.1) is 0 Å². The second kappa shape index (κ2) is 10.1. The first kappa shape index (κ1) is 23.2. The van der Waals surface area contributed by atoms with Crippen LogP contribution in [0.3, 0.4) is 0 Å². The van der Waals surface area contributed by atoms with E-state index in [1.54, 1.807) is 7.05 Å². The lowest BCUT2D eigenvalue weighted by molar-refractivity contribution is -0.0494. The van der Waals surface area contributed by atoms with E-state index in [4.69, 9.17) is 0 Å². The smallest absolute Gasteiger partial charge is 0.355 e. The maximum absolute atomic E-state index is 12.6. The third-order valence-electron chi connectivity index (χ3n) is 5.61. The van der Waals surface area contributed by atoms with Crippen molar-refractivity contribution in [1.29, 1.82) is 0 Å². The van der Waals surface area contributed by atoms with E-state index in [1.165, 1.54) is 32.1 Å². The van der Waals surface area contributed by atoms with E-state index in [9.17, 15) is 21.6 Å². The van der Waals surface area contributed by atoms with Gasteiger partial charge in [-0.25, -0.2) is 8.42 Å². The predicted molar refractivity (Wildman–Crippen MR) is 104 cm³/mol. The Kier molecular flexibility index (Phi) is 8.38. The average Bonchev–Trinajstić information content (AvgIpc) is 2.67. The summed E-state index contributed by atoms with van der Waals surface area (Å²) in [6.45, 7) is 1.30. The molecule has 11 heteroatoms. The minimum Gasteiger partial charge on any atom is -0.355 e. The SMILES string of the molecule is CN=C(NCCN(C)C1CCCCC1)NC1CCN(S(=O)(=O)C(F)(F)F)CC1. The number of rotatable bonds is 6. The molecule has 1 aliphatic heterocycles. The van der Waals surface area contributed by atoms with Gasteiger partial charge in [-0.05, 0) is 32.7 Å². The predicted octanol–water partition coefficient (Wildman–Crippen LogP) is 1.73. The van der Waals surface area contributed by atoms with Crippen LogP contribution in [0.15, 0.2) is 4.99 Å². The monoisotopic (exact) mass is 427 g/mol. The normalized spacial score (nSPS) is 21.9. The van der Waals surface area contributed by atoms with E-state index in [0.717, 1.165) is 6.54 Å². The van der Waals surface area contributed by atoms with Crippen LogP contribution in [-0.4, -0.2) is 81.4 Å². The number of alkyl halides is 3. The number of nitrogens with zero attached hydrogens (tertiary/aromatic N) is 3. The molecule has 0 aromatic heterocycles. The Morgan fingerprint density at radius 3 is 2.29 bits per heavy atom. The van der Waals surface area contributed by atoms with Crippen LogP contribution in [0.25, 0.3) is 0 Å². The average molecular weight is 428 g/mol. The third kappa shape index (κ3) is 6.21. The molecule has 2 N–H and O–H groups in total. The second-order valence-electron chi connectivity index (χ2n) is 7.54. The molecule has 0 spiro atoms. The quantitative estimate of drug-likeness (QED) is 0.499. The lowest BCUT2D eigenvalue weighted by Gasteiger charge is -2.33. The van der Waals surface area contributed by atoms with Crippen molar-refractivity contribution in [2.75, 3.05) is 40.3 Å². The summed E-state index contributed by atoms with van der Waals surface area (Å²) >= 11 is 0. The zero-order valence-electron chi connectivity index (χ0n) is 16.6. The van der Waals surface area contributed by atoms with E-state index in [-0.39, 0.29) is 19.1 Å². The molecular weight excluding hydrogens is 395 g/mol. The van der Waals surface area contributed by atoms with Crippen molar-refractivity contribution in [2.45, 2.75) is 62.5 Å². The van der Waals surface area contributed by atoms with Crippen molar-refractivity contribution in [3.63, 3.8) is 0 Å². The lowest BCUT2D eigenvalue weighted by Crippen LogP contribution is -2.52. The molecule has 28 heavy (non-hydrogen) atoms. The maximum atomic E-state index is 12.6. The Morgan fingerprint density at radius 1 is 1.14 bits per heavy atom. The van der Waals surface area contributed by atoms with E-state index >= 15 is 0 Å².